The SMILES string of the molecule is CN(CC(=O)c1c[nH]c2ccccc12)c1ccccc1. The van der Waals surface area contributed by atoms with E-state index in [4.69, 9.17) is 0 Å². The van der Waals surface area contributed by atoms with Gasteiger partial charge in [0.2, 0.25) is 0 Å². The van der Waals surface area contributed by atoms with Crippen LogP contribution in [0.25, 0.3) is 10.9 Å². The molecule has 0 saturated heterocycles. The number of nitrogens with zero attached hydrogens (tertiary/aromatic N) is 1. The number of rotatable bonds is 4. The molecular formula is C17H16N2O. The summed E-state index contributed by atoms with van der Waals surface area (Å²) in [6.45, 7) is 0.367. The minimum atomic E-state index is 0.119. The molecule has 0 radical (unpaired) electrons. The molecule has 0 bridgehead atoms. The van der Waals surface area contributed by atoms with Crippen LogP contribution >= 0.6 is 0 Å². The third kappa shape index (κ3) is 2.30. The Bertz CT molecular complexity index is 731. The highest BCUT2D eigenvalue weighted by Gasteiger charge is 2.13. The number of hydrogen-bond donors (Lipinski definition) is 1. The Balaban J connectivity index is 1.83. The topological polar surface area (TPSA) is 36.1 Å². The highest BCUT2D eigenvalue weighted by molar-refractivity contribution is 6.09. The second-order valence-electron chi connectivity index (χ2n) is 4.86. The highest BCUT2D eigenvalue weighted by Crippen LogP contribution is 2.19. The van der Waals surface area contributed by atoms with E-state index in [9.17, 15) is 4.79 Å². The van der Waals surface area contributed by atoms with Gasteiger partial charge in [0.05, 0.1) is 6.54 Å². The predicted molar refractivity (Wildman–Crippen MR) is 82.3 cm³/mol. The molecule has 0 spiro atoms. The van der Waals surface area contributed by atoms with Gasteiger partial charge in [0.15, 0.2) is 5.78 Å². The standard InChI is InChI=1S/C17H16N2O/c1-19(13-7-3-2-4-8-13)12-17(20)15-11-18-16-10-6-5-9-14(15)16/h2-11,18H,12H2,1H3. The maximum Gasteiger partial charge on any atom is 0.184 e. The third-order valence-electron chi connectivity index (χ3n) is 3.47. The Morgan fingerprint density at radius 2 is 1.75 bits per heavy atom. The van der Waals surface area contributed by atoms with E-state index in [1.165, 1.54) is 0 Å². The average Bonchev–Trinajstić information content (AvgIpc) is 2.92. The molecule has 1 heterocycles. The summed E-state index contributed by atoms with van der Waals surface area (Å²) in [5, 5.41) is 0.985. The van der Waals surface area contributed by atoms with Crippen molar-refractivity contribution in [3.05, 3.63) is 66.4 Å². The minimum Gasteiger partial charge on any atom is -0.367 e. The fourth-order valence-corrected chi connectivity index (χ4v) is 2.38. The zero-order chi connectivity index (χ0) is 13.9. The number of fused-ring (bicyclic) bond motifs is 1. The molecule has 2 aromatic carbocycles. The summed E-state index contributed by atoms with van der Waals surface area (Å²) in [5.74, 6) is 0.119. The second kappa shape index (κ2) is 5.21. The van der Waals surface area contributed by atoms with Gasteiger partial charge in [-0.1, -0.05) is 36.4 Å². The van der Waals surface area contributed by atoms with Gasteiger partial charge in [0.1, 0.15) is 0 Å². The van der Waals surface area contributed by atoms with E-state index in [0.717, 1.165) is 22.2 Å². The quantitative estimate of drug-likeness (QED) is 0.732. The van der Waals surface area contributed by atoms with Crippen molar-refractivity contribution in [2.45, 2.75) is 0 Å². The van der Waals surface area contributed by atoms with Crippen molar-refractivity contribution in [2.75, 3.05) is 18.5 Å². The normalized spacial score (nSPS) is 10.7. The van der Waals surface area contributed by atoms with Crippen molar-refractivity contribution in [1.82, 2.24) is 4.98 Å². The molecule has 1 aromatic heterocycles. The number of likely N-dealkylation sites (N-methyl/N-ethyl adjacent to an activating group) is 1. The van der Waals surface area contributed by atoms with Crippen LogP contribution in [0.1, 0.15) is 10.4 Å². The van der Waals surface area contributed by atoms with Gasteiger partial charge in [0, 0.05) is 35.4 Å². The number of nitrogens with one attached hydrogen (secondary N) is 1. The van der Waals surface area contributed by atoms with E-state index in [1.807, 2.05) is 66.5 Å². The summed E-state index contributed by atoms with van der Waals surface area (Å²) in [6, 6.07) is 17.8. The maximum absolute atomic E-state index is 12.4. The number of carbonyl (C=O) groups is 1. The second-order valence-corrected chi connectivity index (χ2v) is 4.86. The molecule has 1 N–H and O–H groups in total. The van der Waals surface area contributed by atoms with Crippen LogP contribution < -0.4 is 4.90 Å². The van der Waals surface area contributed by atoms with Gasteiger partial charge in [-0.3, -0.25) is 4.79 Å². The molecular weight excluding hydrogens is 248 g/mol. The smallest absolute Gasteiger partial charge is 0.184 e. The van der Waals surface area contributed by atoms with E-state index in [1.54, 1.807) is 6.20 Å². The molecule has 0 unspecified atom stereocenters. The molecule has 0 atom stereocenters. The number of para-hydroxylation sites is 2. The van der Waals surface area contributed by atoms with Gasteiger partial charge >= 0.3 is 0 Å². The molecule has 100 valence electrons. The Morgan fingerprint density at radius 3 is 2.55 bits per heavy atom. The fraction of sp³-hybridized carbons (Fsp3) is 0.118. The summed E-state index contributed by atoms with van der Waals surface area (Å²) in [5.41, 5.74) is 2.79. The molecule has 3 rings (SSSR count). The van der Waals surface area contributed by atoms with Gasteiger partial charge in [-0.15, -0.1) is 0 Å². The monoisotopic (exact) mass is 264 g/mol. The molecule has 0 aliphatic heterocycles. The van der Waals surface area contributed by atoms with Crippen molar-refractivity contribution in [3.63, 3.8) is 0 Å². The molecule has 0 amide bonds. The van der Waals surface area contributed by atoms with E-state index in [2.05, 4.69) is 4.98 Å². The summed E-state index contributed by atoms with van der Waals surface area (Å²) in [7, 11) is 1.93. The van der Waals surface area contributed by atoms with E-state index in [0.29, 0.717) is 6.54 Å². The Hall–Kier alpha value is -2.55. The highest BCUT2D eigenvalue weighted by atomic mass is 16.1. The van der Waals surface area contributed by atoms with E-state index in [-0.39, 0.29) is 5.78 Å². The van der Waals surface area contributed by atoms with Crippen LogP contribution in [0.2, 0.25) is 0 Å². The minimum absolute atomic E-state index is 0.119. The van der Waals surface area contributed by atoms with Gasteiger partial charge in [0.25, 0.3) is 0 Å². The molecule has 0 fully saturated rings. The van der Waals surface area contributed by atoms with Crippen LogP contribution in [-0.2, 0) is 0 Å². The van der Waals surface area contributed by atoms with Gasteiger partial charge in [-0.25, -0.2) is 0 Å². The lowest BCUT2D eigenvalue weighted by atomic mass is 10.1. The predicted octanol–water partition coefficient (Wildman–Crippen LogP) is 3.49. The van der Waals surface area contributed by atoms with Crippen molar-refractivity contribution < 1.29 is 4.79 Å². The molecule has 20 heavy (non-hydrogen) atoms. The largest absolute Gasteiger partial charge is 0.367 e. The number of aromatic amines is 1. The van der Waals surface area contributed by atoms with Crippen molar-refractivity contribution in [1.29, 1.82) is 0 Å². The van der Waals surface area contributed by atoms with Crippen molar-refractivity contribution >= 4 is 22.4 Å². The van der Waals surface area contributed by atoms with E-state index >= 15 is 0 Å². The molecule has 3 heteroatoms. The number of ketones is 1. The molecule has 3 aromatic rings. The van der Waals surface area contributed by atoms with Gasteiger partial charge in [-0.05, 0) is 18.2 Å². The van der Waals surface area contributed by atoms with E-state index < -0.39 is 0 Å². The Kier molecular flexibility index (Phi) is 3.25. The first-order valence-corrected chi connectivity index (χ1v) is 6.61. The van der Waals surface area contributed by atoms with Crippen LogP contribution in [0, 0.1) is 0 Å². The number of benzene rings is 2. The van der Waals surface area contributed by atoms with Crippen LogP contribution in [-0.4, -0.2) is 24.4 Å². The number of anilines is 1. The first-order chi connectivity index (χ1) is 9.75. The van der Waals surface area contributed by atoms with Crippen LogP contribution in [0.3, 0.4) is 0 Å². The average molecular weight is 264 g/mol. The van der Waals surface area contributed by atoms with Gasteiger partial charge in [-0.2, -0.15) is 0 Å². The summed E-state index contributed by atoms with van der Waals surface area (Å²) in [6.07, 6.45) is 1.80. The number of H-pyrrole nitrogens is 1. The molecule has 0 saturated carbocycles. The number of Topliss-reactive ketones (excluding diaryl/α,β-unsaturated/α-hetero) is 1. The number of carbonyl (C=O) groups excluding carboxylic acids is 1. The Labute approximate surface area is 117 Å². The first kappa shape index (κ1) is 12.5. The maximum atomic E-state index is 12.4. The lowest BCUT2D eigenvalue weighted by molar-refractivity contribution is 0.100. The van der Waals surface area contributed by atoms with Crippen molar-refractivity contribution in [2.24, 2.45) is 0 Å². The van der Waals surface area contributed by atoms with Crippen molar-refractivity contribution in [3.8, 4) is 0 Å². The zero-order valence-electron chi connectivity index (χ0n) is 11.3. The van der Waals surface area contributed by atoms with Crippen LogP contribution in [0.15, 0.2) is 60.8 Å². The third-order valence-corrected chi connectivity index (χ3v) is 3.47. The zero-order valence-corrected chi connectivity index (χ0v) is 11.3. The lowest BCUT2D eigenvalue weighted by Gasteiger charge is -2.17. The number of hydrogen-bond acceptors (Lipinski definition) is 2. The lowest BCUT2D eigenvalue weighted by Crippen LogP contribution is -2.25. The number of aromatic nitrogens is 1. The first-order valence-electron chi connectivity index (χ1n) is 6.61. The summed E-state index contributed by atoms with van der Waals surface area (Å²) >= 11 is 0. The molecule has 0 aliphatic carbocycles. The van der Waals surface area contributed by atoms with Crippen LogP contribution in [0.4, 0.5) is 5.69 Å². The molecule has 3 nitrogen and oxygen atoms in total. The summed E-state index contributed by atoms with van der Waals surface area (Å²) in [4.78, 5) is 17.5. The Morgan fingerprint density at radius 1 is 1.05 bits per heavy atom. The molecule has 0 aliphatic rings. The van der Waals surface area contributed by atoms with Gasteiger partial charge < -0.3 is 9.88 Å². The summed E-state index contributed by atoms with van der Waals surface area (Å²) < 4.78 is 0. The fourth-order valence-electron chi connectivity index (χ4n) is 2.38. The van der Waals surface area contributed by atoms with Crippen LogP contribution in [0.5, 0.6) is 0 Å².